The maximum absolute atomic E-state index is 17.1. The van der Waals surface area contributed by atoms with Gasteiger partial charge in [-0.05, 0) is 84.7 Å². The number of Topliss-reactive ketones (excluding diaryl/α,β-unsaturated/α-hetero) is 1. The first-order valence-electron chi connectivity index (χ1n) is 24.9. The zero-order valence-corrected chi connectivity index (χ0v) is 45.6. The quantitative estimate of drug-likeness (QED) is 0.0557. The Morgan fingerprint density at radius 3 is 2.41 bits per heavy atom. The van der Waals surface area contributed by atoms with Crippen molar-refractivity contribution >= 4 is 54.0 Å². The van der Waals surface area contributed by atoms with Gasteiger partial charge < -0.3 is 48.5 Å². The number of nitrogens with one attached hydrogen (secondary N) is 1. The van der Waals surface area contributed by atoms with Crippen molar-refractivity contribution in [2.24, 2.45) is 27.9 Å². The number of thiazole rings is 1. The van der Waals surface area contributed by atoms with Crippen LogP contribution >= 0.6 is 19.1 Å². The Bertz CT molecular complexity index is 2520. The Kier molecular flexibility index (Phi) is 19.6. The number of oxime groups is 1. The van der Waals surface area contributed by atoms with Gasteiger partial charge in [0.2, 0.25) is 5.91 Å². The topological polar surface area (TPSA) is 259 Å². The standard InChI is InChI=1S/C51H72FN6O14PS/c1-12-38-51(9,63)45-31(5)41(55-40(59)13-2)29(3)22-49(7,44(32(6)43(61)50(8,52)48(62)71-38)72-47-42(60)37(58(10)11)21-30(4)70-47)67-26-36(25-66-45)56-68-27-35-20-19-34(23-53-35)46-54-39(28-74-46)57-73(64,65)69-24-33-17-15-14-16-18-33/h14-20,23,28-32,37-38,42,44-45,47,60,63H,12-13,21-22,24-27H2,1-11H3,(H2,57,64,65)/b55-41+,56-36+/t29-,30-,31+,32+,37+,38-,42-,44-,45-,47+,49-,50+,51-/m1/s1. The molecule has 3 aromatic rings. The number of benzene rings is 1. The lowest BCUT2D eigenvalue weighted by Gasteiger charge is -2.47. The SMILES string of the molecule is CCC(=O)/N=C1\[C@H](C)C[C@@]2(C)OC/C(=N/OCc3ccc(-c4nc(NP(=O)(O)OCc5ccccc5)cs4)cn3)CO[C@H]([C@H]1C)[C@](C)(O)[C@@H](CC)OC(=O)[C@@](C)(F)C(=O)[C@H](C)[C@H]2O[C@@H]1O[C@H](C)C[C@H](N(C)C)[C@H]1O. The lowest BCUT2D eigenvalue weighted by atomic mass is 9.73. The summed E-state index contributed by atoms with van der Waals surface area (Å²) in [5, 5.41) is 33.3. The molecule has 4 N–H and O–H groups in total. The number of rotatable bonds is 14. The molecule has 408 valence electrons. The van der Waals surface area contributed by atoms with Crippen LogP contribution in [0.3, 0.4) is 0 Å². The van der Waals surface area contributed by atoms with Gasteiger partial charge >= 0.3 is 13.7 Å². The number of ether oxygens (including phenoxy) is 5. The lowest BCUT2D eigenvalue weighted by molar-refractivity contribution is -0.296. The van der Waals surface area contributed by atoms with Crippen LogP contribution in [0.2, 0.25) is 0 Å². The van der Waals surface area contributed by atoms with Crippen LogP contribution < -0.4 is 5.09 Å². The van der Waals surface area contributed by atoms with Crippen molar-refractivity contribution in [2.75, 3.05) is 32.4 Å². The highest BCUT2D eigenvalue weighted by Gasteiger charge is 2.57. The minimum absolute atomic E-state index is 0.0349. The van der Waals surface area contributed by atoms with Gasteiger partial charge in [0.1, 0.15) is 34.3 Å². The Morgan fingerprint density at radius 2 is 1.76 bits per heavy atom. The average molecular weight is 1080 g/mol. The molecule has 6 rings (SSSR count). The van der Waals surface area contributed by atoms with Crippen molar-refractivity contribution in [2.45, 2.75) is 161 Å². The second-order valence-corrected chi connectivity index (χ2v) is 22.6. The molecule has 3 aliphatic heterocycles. The third kappa shape index (κ3) is 14.1. The summed E-state index contributed by atoms with van der Waals surface area (Å²) in [5.74, 6) is -6.08. The predicted octanol–water partition coefficient (Wildman–Crippen LogP) is 6.85. The van der Waals surface area contributed by atoms with Crippen LogP contribution in [0.15, 0.2) is 64.2 Å². The maximum atomic E-state index is 17.1. The monoisotopic (exact) mass is 1070 g/mol. The van der Waals surface area contributed by atoms with E-state index in [1.54, 1.807) is 89.8 Å². The Hall–Kier alpha value is -4.45. The van der Waals surface area contributed by atoms with Crippen molar-refractivity contribution in [3.8, 4) is 10.6 Å². The fourth-order valence-corrected chi connectivity index (χ4v) is 11.5. The molecule has 2 aromatic heterocycles. The second-order valence-electron chi connectivity index (χ2n) is 20.2. The molecule has 1 amide bonds. The van der Waals surface area contributed by atoms with E-state index in [-0.39, 0.29) is 57.2 Å². The summed E-state index contributed by atoms with van der Waals surface area (Å²) in [4.78, 5) is 73.5. The van der Waals surface area contributed by atoms with Crippen LogP contribution in [-0.2, 0) is 65.2 Å². The van der Waals surface area contributed by atoms with E-state index in [9.17, 15) is 34.1 Å². The summed E-state index contributed by atoms with van der Waals surface area (Å²) in [6, 6.07) is 12.0. The highest BCUT2D eigenvalue weighted by atomic mass is 32.1. The van der Waals surface area contributed by atoms with Crippen molar-refractivity contribution in [1.29, 1.82) is 0 Å². The zero-order valence-electron chi connectivity index (χ0n) is 43.9. The van der Waals surface area contributed by atoms with Crippen molar-refractivity contribution < 1.29 is 71.5 Å². The van der Waals surface area contributed by atoms with Crippen LogP contribution in [0.1, 0.15) is 99.3 Å². The predicted molar refractivity (Wildman–Crippen MR) is 274 cm³/mol. The van der Waals surface area contributed by atoms with E-state index >= 15 is 4.39 Å². The molecule has 1 aromatic carbocycles. The lowest BCUT2D eigenvalue weighted by Crippen LogP contribution is -2.61. The molecule has 14 atom stereocenters. The summed E-state index contributed by atoms with van der Waals surface area (Å²) >= 11 is 1.22. The number of cyclic esters (lactones) is 1. The zero-order chi connectivity index (χ0) is 54.3. The van der Waals surface area contributed by atoms with Crippen LogP contribution in [0, 0.1) is 17.8 Å². The van der Waals surface area contributed by atoms with Gasteiger partial charge in [-0.2, -0.15) is 0 Å². The number of carbonyl (C=O) groups is 3. The molecule has 0 aliphatic carbocycles. The fourth-order valence-electron chi connectivity index (χ4n) is 9.85. The summed E-state index contributed by atoms with van der Waals surface area (Å²) in [6.45, 7) is 13.0. The first-order valence-corrected chi connectivity index (χ1v) is 27.3. The minimum Gasteiger partial charge on any atom is -0.457 e. The van der Waals surface area contributed by atoms with Crippen molar-refractivity contribution in [1.82, 2.24) is 14.9 Å². The molecule has 0 spiro atoms. The molecule has 3 aliphatic rings. The van der Waals surface area contributed by atoms with E-state index in [0.717, 1.165) is 12.5 Å². The number of halogens is 1. The number of aliphatic imine (C=N–C) groups is 1. The minimum atomic E-state index is -4.24. The number of alkyl halides is 1. The molecule has 1 unspecified atom stereocenters. The number of hydrogen-bond donors (Lipinski definition) is 4. The van der Waals surface area contributed by atoms with E-state index in [1.165, 1.54) is 25.2 Å². The fraction of sp³-hybridized carbons (Fsp3) is 0.627. The van der Waals surface area contributed by atoms with Gasteiger partial charge in [0.05, 0.1) is 49.4 Å². The molecule has 23 heteroatoms. The van der Waals surface area contributed by atoms with Crippen LogP contribution in [0.25, 0.3) is 10.6 Å². The number of aliphatic hydroxyl groups is 2. The maximum Gasteiger partial charge on any atom is 0.431 e. The van der Waals surface area contributed by atoms with Crippen LogP contribution in [-0.4, -0.2) is 146 Å². The molecule has 5 heterocycles. The van der Waals surface area contributed by atoms with E-state index < -0.39 is 103 Å². The average Bonchev–Trinajstić information content (AvgIpc) is 3.81. The molecule has 74 heavy (non-hydrogen) atoms. The van der Waals surface area contributed by atoms with Gasteiger partial charge in [-0.3, -0.25) is 24.2 Å². The molecular formula is C51H72FN6O14PS. The number of likely N-dealkylation sites (N-methyl/N-ethyl adjacent to an activating group) is 1. The molecule has 0 radical (unpaired) electrons. The summed E-state index contributed by atoms with van der Waals surface area (Å²) in [5.41, 5.74) is -4.74. The van der Waals surface area contributed by atoms with Gasteiger partial charge in [-0.1, -0.05) is 70.1 Å². The number of ketones is 1. The van der Waals surface area contributed by atoms with Crippen molar-refractivity contribution in [3.63, 3.8) is 0 Å². The van der Waals surface area contributed by atoms with Gasteiger partial charge in [-0.25, -0.2) is 23.7 Å². The Labute approximate surface area is 436 Å². The number of hydrogen-bond acceptors (Lipinski definition) is 18. The van der Waals surface area contributed by atoms with Crippen molar-refractivity contribution in [3.05, 3.63) is 65.3 Å². The van der Waals surface area contributed by atoms with E-state index in [1.807, 2.05) is 24.8 Å². The number of nitrogens with zero attached hydrogens (tertiary/aromatic N) is 5. The largest absolute Gasteiger partial charge is 0.457 e. The third-order valence-electron chi connectivity index (χ3n) is 13.9. The summed E-state index contributed by atoms with van der Waals surface area (Å²) < 4.78 is 67.1. The van der Waals surface area contributed by atoms with Crippen LogP contribution in [0.4, 0.5) is 10.2 Å². The third-order valence-corrected chi connectivity index (χ3v) is 15.8. The van der Waals surface area contributed by atoms with E-state index in [2.05, 4.69) is 25.2 Å². The normalized spacial score (nSPS) is 34.5. The number of amides is 1. The van der Waals surface area contributed by atoms with Gasteiger partial charge in [0.25, 0.3) is 5.67 Å². The smallest absolute Gasteiger partial charge is 0.431 e. The highest BCUT2D eigenvalue weighted by molar-refractivity contribution is 7.54. The highest BCUT2D eigenvalue weighted by Crippen LogP contribution is 2.44. The summed E-state index contributed by atoms with van der Waals surface area (Å²) in [6.07, 6.45) is -5.22. The Balaban J connectivity index is 1.35. The molecule has 20 nitrogen and oxygen atoms in total. The number of anilines is 1. The number of pyridine rings is 1. The molecule has 3 saturated heterocycles. The summed E-state index contributed by atoms with van der Waals surface area (Å²) in [7, 11) is -0.636. The first kappa shape index (κ1) is 58.8. The number of esters is 1. The van der Waals surface area contributed by atoms with Crippen LogP contribution in [0.5, 0.6) is 0 Å². The number of aliphatic hydroxyl groups excluding tert-OH is 1. The Morgan fingerprint density at radius 1 is 1.04 bits per heavy atom. The van der Waals surface area contributed by atoms with Gasteiger partial charge in [0, 0.05) is 47.2 Å². The molecule has 3 fully saturated rings. The molecule has 0 saturated carbocycles. The van der Waals surface area contributed by atoms with Gasteiger partial charge in [-0.15, -0.1) is 11.3 Å². The first-order chi connectivity index (χ1) is 34.8. The van der Waals surface area contributed by atoms with E-state index in [4.69, 9.17) is 33.0 Å². The molecule has 2 bridgehead atoms. The number of aromatic nitrogens is 2. The molecular weight excluding hydrogens is 1000 g/mol. The number of carbonyl (C=O) groups excluding carboxylic acids is 3. The number of fused-ring (bicyclic) bond motifs is 5. The van der Waals surface area contributed by atoms with Gasteiger partial charge in [0.15, 0.2) is 18.7 Å². The van der Waals surface area contributed by atoms with E-state index in [0.29, 0.717) is 28.4 Å². The second kappa shape index (κ2) is 24.7.